The van der Waals surface area contributed by atoms with Crippen molar-refractivity contribution in [2.45, 2.75) is 54.5 Å². The van der Waals surface area contributed by atoms with E-state index >= 15 is 0 Å². The number of hydrogen-bond acceptors (Lipinski definition) is 7. The fraction of sp³-hybridized carbons (Fsp3) is 0.400. The van der Waals surface area contributed by atoms with Gasteiger partial charge in [-0.05, 0) is 38.7 Å². The summed E-state index contributed by atoms with van der Waals surface area (Å²) in [5.74, 6) is -0.420. The molecule has 3 aromatic rings. The van der Waals surface area contributed by atoms with Crippen molar-refractivity contribution in [3.63, 3.8) is 0 Å². The molecule has 7 nitrogen and oxygen atoms in total. The molecule has 0 saturated carbocycles. The van der Waals surface area contributed by atoms with E-state index in [2.05, 4.69) is 32.4 Å². The molecule has 9 heteroatoms. The average molecular weight is 412 g/mol. The monoisotopic (exact) mass is 412 g/mol. The number of benzene rings is 1. The van der Waals surface area contributed by atoms with Crippen molar-refractivity contribution in [2.75, 3.05) is 0 Å². The van der Waals surface area contributed by atoms with Gasteiger partial charge in [-0.2, -0.15) is 0 Å². The van der Waals surface area contributed by atoms with Gasteiger partial charge in [0, 0.05) is 35.3 Å². The van der Waals surface area contributed by atoms with Crippen LogP contribution in [-0.4, -0.2) is 46.7 Å². The number of aromatic hydroxyl groups is 1. The number of phenolic OH excluding ortho intramolecular Hbond substituents is 1. The van der Waals surface area contributed by atoms with E-state index in [1.54, 1.807) is 30.4 Å². The third kappa shape index (κ3) is 3.60. The zero-order chi connectivity index (χ0) is 20.0. The molecule has 29 heavy (non-hydrogen) atoms. The third-order valence-corrected chi connectivity index (χ3v) is 6.86. The van der Waals surface area contributed by atoms with Gasteiger partial charge in [-0.1, -0.05) is 11.8 Å². The van der Waals surface area contributed by atoms with Crippen LogP contribution in [0.1, 0.15) is 32.6 Å². The van der Waals surface area contributed by atoms with Gasteiger partial charge in [-0.15, -0.1) is 10.2 Å². The second-order valence-corrected chi connectivity index (χ2v) is 9.35. The van der Waals surface area contributed by atoms with Gasteiger partial charge in [0.05, 0.1) is 23.8 Å². The number of phenols is 1. The van der Waals surface area contributed by atoms with Gasteiger partial charge in [-0.25, -0.2) is 14.4 Å². The molecule has 150 valence electrons. The zero-order valence-corrected chi connectivity index (χ0v) is 16.7. The second-order valence-electron chi connectivity index (χ2n) is 8.03. The van der Waals surface area contributed by atoms with Crippen LogP contribution in [0.15, 0.2) is 42.1 Å². The molecule has 2 saturated heterocycles. The van der Waals surface area contributed by atoms with Crippen molar-refractivity contribution in [3.8, 4) is 22.8 Å². The minimum Gasteiger partial charge on any atom is -0.507 e. The Labute approximate surface area is 171 Å². The van der Waals surface area contributed by atoms with Gasteiger partial charge < -0.3 is 15.0 Å². The third-order valence-electron chi connectivity index (χ3n) is 5.74. The topological polar surface area (TPSA) is 88.8 Å². The predicted octanol–water partition coefficient (Wildman–Crippen LogP) is 3.33. The number of rotatable bonds is 4. The summed E-state index contributed by atoms with van der Waals surface area (Å²) in [6.45, 7) is 2.29. The summed E-state index contributed by atoms with van der Waals surface area (Å²) in [6.07, 6.45) is 10.9. The lowest BCUT2D eigenvalue weighted by atomic mass is 9.93. The van der Waals surface area contributed by atoms with Gasteiger partial charge in [0.2, 0.25) is 0 Å². The highest BCUT2D eigenvalue weighted by Crippen LogP contribution is 2.41. The molecule has 3 atom stereocenters. The molecule has 1 aromatic carbocycles. The zero-order valence-electron chi connectivity index (χ0n) is 15.9. The lowest BCUT2D eigenvalue weighted by Crippen LogP contribution is -2.48. The van der Waals surface area contributed by atoms with E-state index in [-0.39, 0.29) is 28.4 Å². The van der Waals surface area contributed by atoms with E-state index in [1.165, 1.54) is 35.9 Å². The first-order valence-electron chi connectivity index (χ1n) is 9.64. The lowest BCUT2D eigenvalue weighted by Gasteiger charge is -2.35. The molecule has 0 unspecified atom stereocenters. The molecule has 2 N–H and O–H groups in total. The molecule has 0 aliphatic carbocycles. The molecule has 2 aliphatic heterocycles. The number of nitrogens with one attached hydrogen (secondary N) is 1. The Balaban J connectivity index is 1.35. The first-order chi connectivity index (χ1) is 14.0. The first-order valence-corrected chi connectivity index (χ1v) is 10.5. The minimum absolute atomic E-state index is 0.111. The maximum absolute atomic E-state index is 14.5. The summed E-state index contributed by atoms with van der Waals surface area (Å²) in [6, 6.07) is 3.14. The summed E-state index contributed by atoms with van der Waals surface area (Å²) < 4.78 is 16.0. The number of nitrogens with zero attached hydrogens (tertiary/aromatic N) is 5. The molecular formula is C20H21FN6OS. The molecule has 2 aromatic heterocycles. The van der Waals surface area contributed by atoms with Crippen molar-refractivity contribution < 1.29 is 9.50 Å². The van der Waals surface area contributed by atoms with Crippen LogP contribution in [0.4, 0.5) is 4.39 Å². The number of halogens is 1. The smallest absolute Gasteiger partial charge is 0.185 e. The van der Waals surface area contributed by atoms with Crippen LogP contribution in [0.25, 0.3) is 17.1 Å². The molecule has 2 aliphatic rings. The second kappa shape index (κ2) is 7.07. The average Bonchev–Trinajstić information content (AvgIpc) is 3.32. The standard InChI is InChI=1S/C20H21FN6OS/c1-20-3-2-12(24-20)6-13(9-20)29-18-10-23-19(26-25-18)14-7-15(21)16(8-17(14)28)27-5-4-22-11-27/h4-5,7-8,10-13,24,28H,2-3,6,9H2,1H3/t12-,13-,20+/m1/s1. The van der Waals surface area contributed by atoms with Crippen LogP contribution in [0.3, 0.4) is 0 Å². The fourth-order valence-corrected chi connectivity index (χ4v) is 5.73. The Morgan fingerprint density at radius 1 is 1.34 bits per heavy atom. The Hall–Kier alpha value is -2.52. The Bertz CT molecular complexity index is 1030. The summed E-state index contributed by atoms with van der Waals surface area (Å²) in [4.78, 5) is 8.22. The van der Waals surface area contributed by atoms with Crippen molar-refractivity contribution in [1.29, 1.82) is 0 Å². The van der Waals surface area contributed by atoms with Crippen molar-refractivity contribution in [2.24, 2.45) is 0 Å². The molecule has 5 rings (SSSR count). The summed E-state index contributed by atoms with van der Waals surface area (Å²) in [5, 5.41) is 23.7. The largest absolute Gasteiger partial charge is 0.507 e. The normalized spacial score (nSPS) is 26.0. The molecule has 4 heterocycles. The van der Waals surface area contributed by atoms with E-state index in [9.17, 15) is 9.50 Å². The van der Waals surface area contributed by atoms with Crippen LogP contribution in [0, 0.1) is 5.82 Å². The minimum atomic E-state index is -0.503. The molecule has 0 spiro atoms. The number of fused-ring (bicyclic) bond motifs is 2. The van der Waals surface area contributed by atoms with Crippen molar-refractivity contribution >= 4 is 11.8 Å². The first kappa shape index (κ1) is 18.5. The Morgan fingerprint density at radius 3 is 2.97 bits per heavy atom. The van der Waals surface area contributed by atoms with E-state index in [1.807, 2.05) is 0 Å². The Morgan fingerprint density at radius 2 is 2.24 bits per heavy atom. The van der Waals surface area contributed by atoms with Crippen molar-refractivity contribution in [1.82, 2.24) is 30.0 Å². The van der Waals surface area contributed by atoms with Gasteiger partial charge in [0.1, 0.15) is 16.6 Å². The highest BCUT2D eigenvalue weighted by molar-refractivity contribution is 7.99. The van der Waals surface area contributed by atoms with E-state index < -0.39 is 5.82 Å². The number of piperidine rings is 1. The highest BCUT2D eigenvalue weighted by atomic mass is 32.2. The van der Waals surface area contributed by atoms with Crippen LogP contribution < -0.4 is 5.32 Å². The fourth-order valence-electron chi connectivity index (χ4n) is 4.40. The van der Waals surface area contributed by atoms with Crippen LogP contribution in [0.5, 0.6) is 5.75 Å². The van der Waals surface area contributed by atoms with Gasteiger partial charge in [-0.3, -0.25) is 0 Å². The van der Waals surface area contributed by atoms with Crippen LogP contribution in [-0.2, 0) is 0 Å². The van der Waals surface area contributed by atoms with Gasteiger partial charge >= 0.3 is 0 Å². The van der Waals surface area contributed by atoms with E-state index in [0.717, 1.165) is 17.9 Å². The van der Waals surface area contributed by atoms with Gasteiger partial charge in [0.25, 0.3) is 0 Å². The van der Waals surface area contributed by atoms with Crippen LogP contribution in [0.2, 0.25) is 0 Å². The maximum atomic E-state index is 14.5. The molecule has 2 bridgehead atoms. The number of thioether (sulfide) groups is 1. The number of hydrogen-bond donors (Lipinski definition) is 2. The number of aromatic nitrogens is 5. The summed E-state index contributed by atoms with van der Waals surface area (Å²) >= 11 is 1.70. The number of imidazole rings is 1. The van der Waals surface area contributed by atoms with Crippen molar-refractivity contribution in [3.05, 3.63) is 42.9 Å². The van der Waals surface area contributed by atoms with E-state index in [0.29, 0.717) is 11.3 Å². The quantitative estimate of drug-likeness (QED) is 0.679. The van der Waals surface area contributed by atoms with Crippen LogP contribution >= 0.6 is 11.8 Å². The van der Waals surface area contributed by atoms with E-state index in [4.69, 9.17) is 0 Å². The summed E-state index contributed by atoms with van der Waals surface area (Å²) in [7, 11) is 0. The lowest BCUT2D eigenvalue weighted by molar-refractivity contribution is 0.307. The highest BCUT2D eigenvalue weighted by Gasteiger charge is 2.42. The SMILES string of the molecule is C[C@]12CC[C@H](C[C@@H](Sc3cnc(-c4cc(F)c(-n5ccnc5)cc4O)nn3)C1)N2. The predicted molar refractivity (Wildman–Crippen MR) is 107 cm³/mol. The molecule has 2 fully saturated rings. The maximum Gasteiger partial charge on any atom is 0.185 e. The molecular weight excluding hydrogens is 391 g/mol. The van der Waals surface area contributed by atoms with Gasteiger partial charge in [0.15, 0.2) is 5.82 Å². The molecule has 0 amide bonds. The Kier molecular flexibility index (Phi) is 4.51. The summed E-state index contributed by atoms with van der Waals surface area (Å²) in [5.41, 5.74) is 0.641. The molecule has 0 radical (unpaired) electrons.